The van der Waals surface area contributed by atoms with E-state index >= 15 is 0 Å². The average Bonchev–Trinajstić information content (AvgIpc) is 2.48. The van der Waals surface area contributed by atoms with Crippen LogP contribution in [0.15, 0.2) is 16.7 Å². The number of aryl methyl sites for hydroxylation is 1. The lowest BCUT2D eigenvalue weighted by Gasteiger charge is -2.02. The van der Waals surface area contributed by atoms with Crippen LogP contribution in [0.1, 0.15) is 5.69 Å². The maximum atomic E-state index is 5.69. The molecule has 0 fully saturated rings. The molecule has 2 rings (SSSR count). The van der Waals surface area contributed by atoms with Crippen LogP contribution in [0.5, 0.6) is 5.75 Å². The predicted octanol–water partition coefficient (Wildman–Crippen LogP) is 1.73. The molecule has 13 heavy (non-hydrogen) atoms. The minimum atomic E-state index is 0.554. The van der Waals surface area contributed by atoms with Crippen LogP contribution in [0.2, 0.25) is 0 Å². The van der Waals surface area contributed by atoms with Crippen molar-refractivity contribution in [3.05, 3.63) is 17.8 Å². The number of hydrogen-bond donors (Lipinski definition) is 1. The van der Waals surface area contributed by atoms with E-state index in [9.17, 15) is 0 Å². The number of fused-ring (bicyclic) bond motifs is 1. The SMILES string of the molecule is COc1c(N)ccc2c(C)noc12. The number of hydrogen-bond acceptors (Lipinski definition) is 4. The molecule has 68 valence electrons. The first-order chi connectivity index (χ1) is 6.24. The molecule has 0 bridgehead atoms. The molecule has 0 aliphatic carbocycles. The van der Waals surface area contributed by atoms with Crippen molar-refractivity contribution in [3.63, 3.8) is 0 Å². The zero-order valence-corrected chi connectivity index (χ0v) is 7.50. The van der Waals surface area contributed by atoms with Gasteiger partial charge in [-0.2, -0.15) is 0 Å². The fraction of sp³-hybridized carbons (Fsp3) is 0.222. The van der Waals surface area contributed by atoms with Gasteiger partial charge in [-0.1, -0.05) is 5.16 Å². The van der Waals surface area contributed by atoms with E-state index in [1.165, 1.54) is 0 Å². The van der Waals surface area contributed by atoms with Crippen molar-refractivity contribution in [1.29, 1.82) is 0 Å². The molecule has 0 saturated carbocycles. The number of anilines is 1. The molecule has 1 aromatic heterocycles. The van der Waals surface area contributed by atoms with Crippen LogP contribution < -0.4 is 10.5 Å². The molecule has 1 heterocycles. The van der Waals surface area contributed by atoms with E-state index in [4.69, 9.17) is 15.0 Å². The Morgan fingerprint density at radius 3 is 2.92 bits per heavy atom. The van der Waals surface area contributed by atoms with Crippen LogP contribution in [0.3, 0.4) is 0 Å². The highest BCUT2D eigenvalue weighted by Crippen LogP contribution is 2.32. The highest BCUT2D eigenvalue weighted by atomic mass is 16.5. The molecule has 0 unspecified atom stereocenters. The van der Waals surface area contributed by atoms with Crippen molar-refractivity contribution in [2.24, 2.45) is 0 Å². The summed E-state index contributed by atoms with van der Waals surface area (Å²) in [5.74, 6) is 0.554. The molecule has 2 aromatic rings. The maximum Gasteiger partial charge on any atom is 0.211 e. The summed E-state index contributed by atoms with van der Waals surface area (Å²) < 4.78 is 10.2. The molecular weight excluding hydrogens is 168 g/mol. The van der Waals surface area contributed by atoms with Gasteiger partial charge in [0.15, 0.2) is 5.75 Å². The van der Waals surface area contributed by atoms with E-state index in [1.54, 1.807) is 13.2 Å². The molecule has 0 amide bonds. The fourth-order valence-electron chi connectivity index (χ4n) is 1.33. The van der Waals surface area contributed by atoms with Gasteiger partial charge in [0.05, 0.1) is 18.5 Å². The first-order valence-corrected chi connectivity index (χ1v) is 3.92. The molecule has 0 saturated heterocycles. The second-order valence-corrected chi connectivity index (χ2v) is 2.83. The molecule has 0 spiro atoms. The lowest BCUT2D eigenvalue weighted by molar-refractivity contribution is 0.393. The van der Waals surface area contributed by atoms with E-state index in [1.807, 2.05) is 13.0 Å². The molecule has 0 atom stereocenters. The van der Waals surface area contributed by atoms with Gasteiger partial charge in [-0.3, -0.25) is 0 Å². The number of nitrogen functional groups attached to an aromatic ring is 1. The minimum absolute atomic E-state index is 0.554. The largest absolute Gasteiger partial charge is 0.491 e. The summed E-state index contributed by atoms with van der Waals surface area (Å²) in [6, 6.07) is 3.66. The second-order valence-electron chi connectivity index (χ2n) is 2.83. The van der Waals surface area contributed by atoms with Gasteiger partial charge in [0, 0.05) is 5.39 Å². The lowest BCUT2D eigenvalue weighted by Crippen LogP contribution is -1.91. The third-order valence-electron chi connectivity index (χ3n) is 2.01. The monoisotopic (exact) mass is 178 g/mol. The zero-order chi connectivity index (χ0) is 9.42. The Kier molecular flexibility index (Phi) is 1.62. The Hall–Kier alpha value is -1.71. The Bertz CT molecular complexity index is 448. The van der Waals surface area contributed by atoms with Crippen LogP contribution >= 0.6 is 0 Å². The maximum absolute atomic E-state index is 5.69. The average molecular weight is 178 g/mol. The van der Waals surface area contributed by atoms with Gasteiger partial charge in [-0.05, 0) is 19.1 Å². The number of rotatable bonds is 1. The highest BCUT2D eigenvalue weighted by Gasteiger charge is 2.11. The molecule has 0 aliphatic heterocycles. The van der Waals surface area contributed by atoms with Gasteiger partial charge in [-0.15, -0.1) is 0 Å². The Morgan fingerprint density at radius 1 is 1.46 bits per heavy atom. The van der Waals surface area contributed by atoms with Crippen molar-refractivity contribution in [3.8, 4) is 5.75 Å². The topological polar surface area (TPSA) is 61.3 Å². The van der Waals surface area contributed by atoms with Gasteiger partial charge in [0.25, 0.3) is 0 Å². The Balaban J connectivity index is 2.85. The molecule has 2 N–H and O–H groups in total. The quantitative estimate of drug-likeness (QED) is 0.675. The minimum Gasteiger partial charge on any atom is -0.491 e. The van der Waals surface area contributed by atoms with Crippen LogP contribution in [0.4, 0.5) is 5.69 Å². The summed E-state index contributed by atoms with van der Waals surface area (Å²) in [6.45, 7) is 1.88. The first kappa shape index (κ1) is 7.91. The van der Waals surface area contributed by atoms with E-state index in [2.05, 4.69) is 5.16 Å². The normalized spacial score (nSPS) is 10.6. The number of nitrogens with two attached hydrogens (primary N) is 1. The summed E-state index contributed by atoms with van der Waals surface area (Å²) in [6.07, 6.45) is 0. The van der Waals surface area contributed by atoms with Crippen LogP contribution in [0, 0.1) is 6.92 Å². The smallest absolute Gasteiger partial charge is 0.211 e. The fourth-order valence-corrected chi connectivity index (χ4v) is 1.33. The van der Waals surface area contributed by atoms with Crippen LogP contribution in [-0.4, -0.2) is 12.3 Å². The Labute approximate surface area is 75.3 Å². The molecule has 0 radical (unpaired) electrons. The summed E-state index contributed by atoms with van der Waals surface area (Å²) >= 11 is 0. The molecule has 4 heteroatoms. The third kappa shape index (κ3) is 1.02. The standard InChI is InChI=1S/C9H10N2O2/c1-5-6-3-4-7(10)9(12-2)8(6)13-11-5/h3-4H,10H2,1-2H3. The van der Waals surface area contributed by atoms with Gasteiger partial charge in [0.1, 0.15) is 0 Å². The van der Waals surface area contributed by atoms with Crippen LogP contribution in [0.25, 0.3) is 11.0 Å². The Morgan fingerprint density at radius 2 is 2.23 bits per heavy atom. The molecule has 4 nitrogen and oxygen atoms in total. The van der Waals surface area contributed by atoms with E-state index in [0.717, 1.165) is 11.1 Å². The summed E-state index contributed by atoms with van der Waals surface area (Å²) in [4.78, 5) is 0. The van der Waals surface area contributed by atoms with Gasteiger partial charge < -0.3 is 15.0 Å². The zero-order valence-electron chi connectivity index (χ0n) is 7.50. The molecule has 1 aromatic carbocycles. The van der Waals surface area contributed by atoms with Crippen molar-refractivity contribution >= 4 is 16.7 Å². The number of benzene rings is 1. The van der Waals surface area contributed by atoms with Crippen molar-refractivity contribution in [1.82, 2.24) is 5.16 Å². The summed E-state index contributed by atoms with van der Waals surface area (Å²) in [5.41, 5.74) is 7.71. The van der Waals surface area contributed by atoms with Gasteiger partial charge in [-0.25, -0.2) is 0 Å². The number of ether oxygens (including phenoxy) is 1. The van der Waals surface area contributed by atoms with Crippen molar-refractivity contribution < 1.29 is 9.26 Å². The second kappa shape index (κ2) is 2.65. The number of aromatic nitrogens is 1. The summed E-state index contributed by atoms with van der Waals surface area (Å²) in [7, 11) is 1.56. The van der Waals surface area contributed by atoms with E-state index in [-0.39, 0.29) is 0 Å². The molecule has 0 aliphatic rings. The van der Waals surface area contributed by atoms with Gasteiger partial charge >= 0.3 is 0 Å². The third-order valence-corrected chi connectivity index (χ3v) is 2.01. The van der Waals surface area contributed by atoms with Crippen molar-refractivity contribution in [2.45, 2.75) is 6.92 Å². The molecular formula is C9H10N2O2. The first-order valence-electron chi connectivity index (χ1n) is 3.92. The lowest BCUT2D eigenvalue weighted by atomic mass is 10.2. The summed E-state index contributed by atoms with van der Waals surface area (Å²) in [5, 5.41) is 4.77. The highest BCUT2D eigenvalue weighted by molar-refractivity contribution is 5.89. The number of methoxy groups -OCH3 is 1. The van der Waals surface area contributed by atoms with Gasteiger partial charge in [0.2, 0.25) is 5.58 Å². The number of nitrogens with zero attached hydrogens (tertiary/aromatic N) is 1. The van der Waals surface area contributed by atoms with E-state index in [0.29, 0.717) is 17.0 Å². The van der Waals surface area contributed by atoms with Crippen LogP contribution in [-0.2, 0) is 0 Å². The predicted molar refractivity (Wildman–Crippen MR) is 49.7 cm³/mol. The van der Waals surface area contributed by atoms with E-state index < -0.39 is 0 Å². The van der Waals surface area contributed by atoms with Crippen molar-refractivity contribution in [2.75, 3.05) is 12.8 Å².